The summed E-state index contributed by atoms with van der Waals surface area (Å²) in [6, 6.07) is 18.7. The lowest BCUT2D eigenvalue weighted by molar-refractivity contribution is 0.240. The Morgan fingerprint density at radius 1 is 1.08 bits per heavy atom. The molecule has 0 bridgehead atoms. The highest BCUT2D eigenvalue weighted by Gasteiger charge is 2.19. The molecule has 0 fully saturated rings. The van der Waals surface area contributed by atoms with Crippen LogP contribution in [0.2, 0.25) is 0 Å². The fourth-order valence-electron chi connectivity index (χ4n) is 2.56. The average Bonchev–Trinajstić information content (AvgIpc) is 3.12. The number of nitrogens with zero attached hydrogens (tertiary/aromatic N) is 5. The van der Waals surface area contributed by atoms with Gasteiger partial charge in [-0.2, -0.15) is 4.68 Å². The summed E-state index contributed by atoms with van der Waals surface area (Å²) in [6.07, 6.45) is 2.09. The first kappa shape index (κ1) is 16.7. The smallest absolute Gasteiger partial charge is 0.173 e. The molecular formula is C18H21N5S. The second kappa shape index (κ2) is 7.59. The minimum absolute atomic E-state index is 0.0976. The third kappa shape index (κ3) is 3.66. The van der Waals surface area contributed by atoms with E-state index in [4.69, 9.17) is 0 Å². The molecular weight excluding hydrogens is 318 g/mol. The van der Waals surface area contributed by atoms with E-state index in [0.29, 0.717) is 0 Å². The Kier molecular flexibility index (Phi) is 5.27. The van der Waals surface area contributed by atoms with Crippen LogP contribution in [0.15, 0.2) is 59.5 Å². The summed E-state index contributed by atoms with van der Waals surface area (Å²) in [5.41, 5.74) is 2.25. The molecule has 0 saturated carbocycles. The van der Waals surface area contributed by atoms with E-state index in [1.165, 1.54) is 10.5 Å². The molecule has 3 aromatic rings. The summed E-state index contributed by atoms with van der Waals surface area (Å²) in [6.45, 7) is 2.97. The van der Waals surface area contributed by atoms with Crippen molar-refractivity contribution in [1.82, 2.24) is 25.1 Å². The van der Waals surface area contributed by atoms with Crippen LogP contribution in [-0.4, -0.2) is 38.4 Å². The van der Waals surface area contributed by atoms with Crippen LogP contribution in [0.4, 0.5) is 0 Å². The number of benzene rings is 2. The molecule has 0 aliphatic carbocycles. The largest absolute Gasteiger partial charge is 0.292 e. The van der Waals surface area contributed by atoms with Gasteiger partial charge in [0.2, 0.25) is 0 Å². The minimum atomic E-state index is 0.0976. The van der Waals surface area contributed by atoms with Gasteiger partial charge in [0, 0.05) is 11.4 Å². The topological polar surface area (TPSA) is 46.8 Å². The Morgan fingerprint density at radius 3 is 2.46 bits per heavy atom. The maximum absolute atomic E-state index is 4.24. The molecule has 5 nitrogen and oxygen atoms in total. The molecule has 1 unspecified atom stereocenters. The van der Waals surface area contributed by atoms with E-state index in [1.807, 2.05) is 30.3 Å². The van der Waals surface area contributed by atoms with Crippen molar-refractivity contribution in [2.45, 2.75) is 24.4 Å². The molecule has 0 N–H and O–H groups in total. The van der Waals surface area contributed by atoms with Gasteiger partial charge in [0.1, 0.15) is 0 Å². The highest BCUT2D eigenvalue weighted by Crippen LogP contribution is 2.22. The van der Waals surface area contributed by atoms with Crippen LogP contribution in [0.5, 0.6) is 0 Å². The van der Waals surface area contributed by atoms with E-state index in [0.717, 1.165) is 18.1 Å². The number of tetrazole rings is 1. The van der Waals surface area contributed by atoms with Crippen molar-refractivity contribution in [3.63, 3.8) is 0 Å². The minimum Gasteiger partial charge on any atom is -0.292 e. The predicted molar refractivity (Wildman–Crippen MR) is 97.3 cm³/mol. The van der Waals surface area contributed by atoms with E-state index in [-0.39, 0.29) is 6.04 Å². The normalized spacial score (nSPS) is 12.5. The van der Waals surface area contributed by atoms with Crippen molar-refractivity contribution < 1.29 is 0 Å². The average molecular weight is 339 g/mol. The van der Waals surface area contributed by atoms with Gasteiger partial charge in [-0.05, 0) is 60.5 Å². The standard InChI is InChI=1S/C18H21N5S/c1-14(22(2)13-15-9-11-17(24-3)12-10-15)18-19-20-21-23(18)16-7-5-4-6-8-16/h4-12,14H,13H2,1-3H3. The van der Waals surface area contributed by atoms with Crippen molar-refractivity contribution in [3.05, 3.63) is 66.0 Å². The number of thioether (sulfide) groups is 1. The molecule has 124 valence electrons. The summed E-state index contributed by atoms with van der Waals surface area (Å²) in [7, 11) is 2.09. The van der Waals surface area contributed by atoms with E-state index < -0.39 is 0 Å². The Bertz CT molecular complexity index is 770. The summed E-state index contributed by atoms with van der Waals surface area (Å²) < 4.78 is 1.80. The summed E-state index contributed by atoms with van der Waals surface area (Å²) >= 11 is 1.76. The Hall–Kier alpha value is -2.18. The van der Waals surface area contributed by atoms with E-state index in [1.54, 1.807) is 16.4 Å². The third-order valence-electron chi connectivity index (χ3n) is 4.12. The summed E-state index contributed by atoms with van der Waals surface area (Å²) in [4.78, 5) is 3.53. The van der Waals surface area contributed by atoms with Crippen molar-refractivity contribution in [1.29, 1.82) is 0 Å². The molecule has 6 heteroatoms. The lowest BCUT2D eigenvalue weighted by atomic mass is 10.2. The van der Waals surface area contributed by atoms with Gasteiger partial charge in [-0.15, -0.1) is 16.9 Å². The van der Waals surface area contributed by atoms with Crippen LogP contribution < -0.4 is 0 Å². The molecule has 1 aromatic heterocycles. The zero-order valence-electron chi connectivity index (χ0n) is 14.1. The van der Waals surface area contributed by atoms with Crippen LogP contribution in [0.25, 0.3) is 5.69 Å². The van der Waals surface area contributed by atoms with E-state index in [2.05, 4.69) is 64.9 Å². The first-order valence-corrected chi connectivity index (χ1v) is 9.08. The highest BCUT2D eigenvalue weighted by atomic mass is 32.2. The molecule has 3 rings (SSSR count). The molecule has 24 heavy (non-hydrogen) atoms. The van der Waals surface area contributed by atoms with Gasteiger partial charge in [-0.1, -0.05) is 30.3 Å². The highest BCUT2D eigenvalue weighted by molar-refractivity contribution is 7.98. The van der Waals surface area contributed by atoms with Gasteiger partial charge >= 0.3 is 0 Å². The third-order valence-corrected chi connectivity index (χ3v) is 4.86. The molecule has 0 aliphatic rings. The molecule has 0 aliphatic heterocycles. The van der Waals surface area contributed by atoms with Crippen LogP contribution in [0.3, 0.4) is 0 Å². The predicted octanol–water partition coefficient (Wildman–Crippen LogP) is 3.58. The first-order valence-electron chi connectivity index (χ1n) is 7.86. The van der Waals surface area contributed by atoms with Crippen LogP contribution >= 0.6 is 11.8 Å². The van der Waals surface area contributed by atoms with Crippen molar-refractivity contribution >= 4 is 11.8 Å². The number of aromatic nitrogens is 4. The van der Waals surface area contributed by atoms with Gasteiger partial charge in [0.25, 0.3) is 0 Å². The second-order valence-electron chi connectivity index (χ2n) is 5.72. The number of hydrogen-bond donors (Lipinski definition) is 0. The Morgan fingerprint density at radius 2 is 1.79 bits per heavy atom. The lowest BCUT2D eigenvalue weighted by Gasteiger charge is -2.24. The van der Waals surface area contributed by atoms with Crippen LogP contribution in [0.1, 0.15) is 24.4 Å². The molecule has 0 saturated heterocycles. The van der Waals surface area contributed by atoms with Crippen LogP contribution in [0, 0.1) is 0 Å². The van der Waals surface area contributed by atoms with Crippen molar-refractivity contribution in [3.8, 4) is 5.69 Å². The SMILES string of the molecule is CSc1ccc(CN(C)C(C)c2nnnn2-c2ccccc2)cc1. The second-order valence-corrected chi connectivity index (χ2v) is 6.60. The van der Waals surface area contributed by atoms with Crippen LogP contribution in [-0.2, 0) is 6.54 Å². The van der Waals surface area contributed by atoms with E-state index >= 15 is 0 Å². The lowest BCUT2D eigenvalue weighted by Crippen LogP contribution is -2.24. The monoisotopic (exact) mass is 339 g/mol. The van der Waals surface area contributed by atoms with Gasteiger partial charge < -0.3 is 0 Å². The zero-order valence-corrected chi connectivity index (χ0v) is 14.9. The maximum Gasteiger partial charge on any atom is 0.173 e. The fraction of sp³-hybridized carbons (Fsp3) is 0.278. The van der Waals surface area contributed by atoms with Gasteiger partial charge in [-0.25, -0.2) is 0 Å². The molecule has 0 radical (unpaired) electrons. The van der Waals surface area contributed by atoms with Gasteiger partial charge in [-0.3, -0.25) is 4.90 Å². The molecule has 0 spiro atoms. The molecule has 1 heterocycles. The quantitative estimate of drug-likeness (QED) is 0.643. The van der Waals surface area contributed by atoms with E-state index in [9.17, 15) is 0 Å². The summed E-state index contributed by atoms with van der Waals surface area (Å²) in [5, 5.41) is 12.3. The number of para-hydroxylation sites is 1. The first-order chi connectivity index (χ1) is 11.7. The number of rotatable bonds is 6. The van der Waals surface area contributed by atoms with Gasteiger partial charge in [0.05, 0.1) is 11.7 Å². The summed E-state index contributed by atoms with van der Waals surface area (Å²) in [5.74, 6) is 0.837. The Balaban J connectivity index is 1.76. The molecule has 0 amide bonds. The zero-order chi connectivity index (χ0) is 16.9. The maximum atomic E-state index is 4.24. The Labute approximate surface area is 146 Å². The number of hydrogen-bond acceptors (Lipinski definition) is 5. The molecule has 2 aromatic carbocycles. The van der Waals surface area contributed by atoms with Gasteiger partial charge in [0.15, 0.2) is 5.82 Å². The molecule has 1 atom stereocenters. The fourth-order valence-corrected chi connectivity index (χ4v) is 2.97. The van der Waals surface area contributed by atoms with Crippen molar-refractivity contribution in [2.75, 3.05) is 13.3 Å². The van der Waals surface area contributed by atoms with Crippen molar-refractivity contribution in [2.24, 2.45) is 0 Å².